The lowest BCUT2D eigenvalue weighted by Crippen LogP contribution is -2.40. The fourth-order valence-electron chi connectivity index (χ4n) is 1.40. The first-order valence-electron chi connectivity index (χ1n) is 5.04. The van der Waals surface area contributed by atoms with Gasteiger partial charge in [-0.25, -0.2) is 10.1 Å². The first kappa shape index (κ1) is 13.3. The van der Waals surface area contributed by atoms with Crippen molar-refractivity contribution in [2.75, 3.05) is 5.32 Å². The highest BCUT2D eigenvalue weighted by Gasteiger charge is 2.30. The zero-order chi connectivity index (χ0) is 13.1. The molecule has 1 aromatic rings. The maximum Gasteiger partial charge on any atom is 0.485 e. The van der Waals surface area contributed by atoms with Gasteiger partial charge in [-0.3, -0.25) is 0 Å². The highest BCUT2D eigenvalue weighted by molar-refractivity contribution is 5.90. The second-order valence-corrected chi connectivity index (χ2v) is 3.82. The second kappa shape index (κ2) is 5.07. The van der Waals surface area contributed by atoms with Crippen LogP contribution in [0.4, 0.5) is 23.7 Å². The smallest absolute Gasteiger partial charge is 0.308 e. The molecule has 6 heteroatoms. The third-order valence-corrected chi connectivity index (χ3v) is 2.09. The number of alkyl halides is 3. The number of nitrogens with one attached hydrogen (secondary N) is 2. The Morgan fingerprint density at radius 2 is 1.82 bits per heavy atom. The number of hydrogen-bond acceptors (Lipinski definition) is 1. The van der Waals surface area contributed by atoms with Gasteiger partial charge in [0.15, 0.2) is 0 Å². The standard InChI is InChI=1S/C11H13F3N2O/c1-7(2)8-5-3-4-6-9(8)15-10(17)16-11(12,13)14/h3-7H,1-2H3,(H2,15,16,17). The number of amides is 2. The van der Waals surface area contributed by atoms with Gasteiger partial charge in [-0.1, -0.05) is 32.0 Å². The lowest BCUT2D eigenvalue weighted by molar-refractivity contribution is -0.144. The van der Waals surface area contributed by atoms with Crippen LogP contribution in [0.1, 0.15) is 25.3 Å². The monoisotopic (exact) mass is 246 g/mol. The lowest BCUT2D eigenvalue weighted by atomic mass is 10.0. The van der Waals surface area contributed by atoms with Crippen molar-refractivity contribution < 1.29 is 18.0 Å². The molecule has 2 N–H and O–H groups in total. The molecule has 17 heavy (non-hydrogen) atoms. The van der Waals surface area contributed by atoms with Crippen LogP contribution in [0.5, 0.6) is 0 Å². The summed E-state index contributed by atoms with van der Waals surface area (Å²) in [6, 6.07) is 5.45. The molecule has 0 bridgehead atoms. The van der Waals surface area contributed by atoms with Crippen molar-refractivity contribution in [1.29, 1.82) is 0 Å². The molecule has 0 saturated heterocycles. The number of halogens is 3. The molecular formula is C11H13F3N2O. The summed E-state index contributed by atoms with van der Waals surface area (Å²) in [5.41, 5.74) is 1.16. The van der Waals surface area contributed by atoms with Crippen molar-refractivity contribution in [3.05, 3.63) is 29.8 Å². The fourth-order valence-corrected chi connectivity index (χ4v) is 1.40. The molecule has 1 aromatic carbocycles. The van der Waals surface area contributed by atoms with Gasteiger partial charge in [0, 0.05) is 5.69 Å². The molecule has 3 nitrogen and oxygen atoms in total. The van der Waals surface area contributed by atoms with Crippen LogP contribution in [0, 0.1) is 0 Å². The van der Waals surface area contributed by atoms with Gasteiger partial charge in [0.1, 0.15) is 0 Å². The van der Waals surface area contributed by atoms with Crippen molar-refractivity contribution in [2.45, 2.75) is 26.1 Å². The minimum Gasteiger partial charge on any atom is -0.308 e. The van der Waals surface area contributed by atoms with E-state index in [0.29, 0.717) is 5.69 Å². The molecule has 0 aliphatic heterocycles. The quantitative estimate of drug-likeness (QED) is 0.771. The van der Waals surface area contributed by atoms with E-state index in [0.717, 1.165) is 10.9 Å². The first-order chi connectivity index (χ1) is 7.79. The van der Waals surface area contributed by atoms with Crippen LogP contribution in [0.3, 0.4) is 0 Å². The molecular weight excluding hydrogens is 233 g/mol. The van der Waals surface area contributed by atoms with Gasteiger partial charge in [0.2, 0.25) is 0 Å². The number of hydrogen-bond donors (Lipinski definition) is 2. The predicted octanol–water partition coefficient (Wildman–Crippen LogP) is 3.45. The van der Waals surface area contributed by atoms with Crippen LogP contribution in [0.15, 0.2) is 24.3 Å². The second-order valence-electron chi connectivity index (χ2n) is 3.82. The van der Waals surface area contributed by atoms with Crippen LogP contribution in [-0.4, -0.2) is 12.3 Å². The minimum atomic E-state index is -4.73. The molecule has 0 aromatic heterocycles. The van der Waals surface area contributed by atoms with E-state index in [1.165, 1.54) is 0 Å². The van der Waals surface area contributed by atoms with Crippen LogP contribution in [0.25, 0.3) is 0 Å². The van der Waals surface area contributed by atoms with Gasteiger partial charge in [-0.15, -0.1) is 0 Å². The Kier molecular flexibility index (Phi) is 3.98. The van der Waals surface area contributed by atoms with Gasteiger partial charge in [-0.05, 0) is 17.5 Å². The number of urea groups is 1. The third-order valence-electron chi connectivity index (χ3n) is 2.09. The summed E-state index contributed by atoms with van der Waals surface area (Å²) in [4.78, 5) is 11.1. The Balaban J connectivity index is 2.78. The number of anilines is 1. The Morgan fingerprint density at radius 3 is 2.35 bits per heavy atom. The van der Waals surface area contributed by atoms with Crippen LogP contribution in [-0.2, 0) is 0 Å². The van der Waals surface area contributed by atoms with E-state index in [2.05, 4.69) is 5.32 Å². The SMILES string of the molecule is CC(C)c1ccccc1NC(=O)NC(F)(F)F. The number of benzene rings is 1. The molecule has 0 spiro atoms. The fraction of sp³-hybridized carbons (Fsp3) is 0.364. The summed E-state index contributed by atoms with van der Waals surface area (Å²) in [5.74, 6) is 0.109. The average Bonchev–Trinajstić information content (AvgIpc) is 2.14. The number of carbonyl (C=O) groups is 1. The predicted molar refractivity (Wildman–Crippen MR) is 58.7 cm³/mol. The number of rotatable bonds is 2. The summed E-state index contributed by atoms with van der Waals surface area (Å²) >= 11 is 0. The van der Waals surface area contributed by atoms with Gasteiger partial charge >= 0.3 is 12.3 Å². The van der Waals surface area contributed by atoms with Crippen molar-refractivity contribution in [3.63, 3.8) is 0 Å². The molecule has 0 atom stereocenters. The third kappa shape index (κ3) is 4.34. The summed E-state index contributed by atoms with van der Waals surface area (Å²) in [6.07, 6.45) is -4.73. The molecule has 0 radical (unpaired) electrons. The number of carbonyl (C=O) groups excluding carboxylic acids is 1. The minimum absolute atomic E-state index is 0.109. The van der Waals surface area contributed by atoms with Crippen molar-refractivity contribution in [1.82, 2.24) is 5.32 Å². The van der Waals surface area contributed by atoms with Crippen molar-refractivity contribution >= 4 is 11.7 Å². The lowest BCUT2D eigenvalue weighted by Gasteiger charge is -2.14. The molecule has 0 unspecified atom stereocenters. The molecule has 94 valence electrons. The largest absolute Gasteiger partial charge is 0.485 e. The Bertz CT molecular complexity index is 402. The maximum absolute atomic E-state index is 11.9. The molecule has 0 aliphatic carbocycles. The van der Waals surface area contributed by atoms with Gasteiger partial charge < -0.3 is 5.32 Å². The Labute approximate surface area is 97.0 Å². The van der Waals surface area contributed by atoms with E-state index in [1.54, 1.807) is 24.3 Å². The van der Waals surface area contributed by atoms with Crippen molar-refractivity contribution in [2.24, 2.45) is 0 Å². The molecule has 2 amide bonds. The number of para-hydroxylation sites is 1. The normalized spacial score (nSPS) is 11.4. The van der Waals surface area contributed by atoms with Gasteiger partial charge in [0.25, 0.3) is 0 Å². The summed E-state index contributed by atoms with van der Waals surface area (Å²) in [6.45, 7) is 3.78. The molecule has 0 heterocycles. The van der Waals surface area contributed by atoms with E-state index in [-0.39, 0.29) is 5.92 Å². The topological polar surface area (TPSA) is 41.1 Å². The van der Waals surface area contributed by atoms with E-state index in [1.807, 2.05) is 13.8 Å². The first-order valence-corrected chi connectivity index (χ1v) is 5.04. The van der Waals surface area contributed by atoms with E-state index in [4.69, 9.17) is 0 Å². The molecule has 0 fully saturated rings. The zero-order valence-corrected chi connectivity index (χ0v) is 9.43. The zero-order valence-electron chi connectivity index (χ0n) is 9.43. The highest BCUT2D eigenvalue weighted by atomic mass is 19.4. The van der Waals surface area contributed by atoms with E-state index < -0.39 is 12.3 Å². The summed E-state index contributed by atoms with van der Waals surface area (Å²) in [7, 11) is 0. The molecule has 1 rings (SSSR count). The Morgan fingerprint density at radius 1 is 1.24 bits per heavy atom. The molecule has 0 aliphatic rings. The summed E-state index contributed by atoms with van der Waals surface area (Å²) < 4.78 is 35.7. The van der Waals surface area contributed by atoms with Crippen LogP contribution in [0.2, 0.25) is 0 Å². The van der Waals surface area contributed by atoms with Crippen LogP contribution >= 0.6 is 0 Å². The Hall–Kier alpha value is -1.72. The highest BCUT2D eigenvalue weighted by Crippen LogP contribution is 2.23. The summed E-state index contributed by atoms with van der Waals surface area (Å²) in [5, 5.41) is 3.06. The average molecular weight is 246 g/mol. The van der Waals surface area contributed by atoms with Crippen LogP contribution < -0.4 is 10.6 Å². The van der Waals surface area contributed by atoms with Gasteiger partial charge in [-0.2, -0.15) is 13.2 Å². The van der Waals surface area contributed by atoms with E-state index in [9.17, 15) is 18.0 Å². The maximum atomic E-state index is 11.9. The molecule has 0 saturated carbocycles. The van der Waals surface area contributed by atoms with E-state index >= 15 is 0 Å². The van der Waals surface area contributed by atoms with Crippen molar-refractivity contribution in [3.8, 4) is 0 Å². The van der Waals surface area contributed by atoms with Gasteiger partial charge in [0.05, 0.1) is 0 Å².